The first kappa shape index (κ1) is 24.6. The highest BCUT2D eigenvalue weighted by atomic mass is 31.3. The van der Waals surface area contributed by atoms with Crippen molar-refractivity contribution in [3.8, 4) is 0 Å². The van der Waals surface area contributed by atoms with Gasteiger partial charge in [0.2, 0.25) is 5.95 Å². The molecule has 0 radical (unpaired) electrons. The topological polar surface area (TPSA) is 294 Å². The highest BCUT2D eigenvalue weighted by Gasteiger charge is 2.63. The number of nitrogens with two attached hydrogens (primary N) is 2. The van der Waals surface area contributed by atoms with Gasteiger partial charge in [0, 0.05) is 0 Å². The summed E-state index contributed by atoms with van der Waals surface area (Å²) in [4.78, 5) is 47.9. The molecule has 0 saturated carbocycles. The van der Waals surface area contributed by atoms with Gasteiger partial charge in [-0.2, -0.15) is 18.6 Å². The Morgan fingerprint density at radius 2 is 1.85 bits per heavy atom. The molecule has 0 spiro atoms. The summed E-state index contributed by atoms with van der Waals surface area (Å²) in [6.07, 6.45) is -2.25. The van der Waals surface area contributed by atoms with Crippen molar-refractivity contribution < 1.29 is 61.0 Å². The number of imidazole rings is 1. The van der Waals surface area contributed by atoms with Crippen LogP contribution >= 0.6 is 23.5 Å². The lowest BCUT2D eigenvalue weighted by atomic mass is 10.0. The molecule has 2 fully saturated rings. The molecule has 184 valence electrons. The predicted molar refractivity (Wildman–Crippen MR) is 103 cm³/mol. The first-order valence-electron chi connectivity index (χ1n) is 8.63. The number of phosphoric ester groups is 1. The fourth-order valence-corrected chi connectivity index (χ4v) is 6.45. The molecule has 4 heterocycles. The Balaban J connectivity index is 1.52. The molecule has 2 saturated heterocycles. The maximum atomic E-state index is 12.0. The summed E-state index contributed by atoms with van der Waals surface area (Å²) >= 11 is 0. The Hall–Kier alpha value is -1.56. The molecule has 0 aliphatic carbocycles. The molecule has 19 nitrogen and oxygen atoms in total. The highest BCUT2D eigenvalue weighted by Crippen LogP contribution is 2.66. The van der Waals surface area contributed by atoms with Gasteiger partial charge in [-0.15, -0.1) is 0 Å². The molecule has 2 aromatic rings. The van der Waals surface area contributed by atoms with Crippen molar-refractivity contribution in [1.82, 2.24) is 19.5 Å². The van der Waals surface area contributed by atoms with E-state index >= 15 is 0 Å². The van der Waals surface area contributed by atoms with Crippen LogP contribution in [-0.4, -0.2) is 75.2 Å². The van der Waals surface area contributed by atoms with Crippen molar-refractivity contribution in [2.24, 2.45) is 0 Å². The number of phosphoric acid groups is 3. The molecule has 2 aromatic heterocycles. The lowest BCUT2D eigenvalue weighted by Crippen LogP contribution is -2.44. The van der Waals surface area contributed by atoms with Crippen LogP contribution < -0.4 is 11.5 Å². The number of nitrogen functional groups attached to an aromatic ring is 2. The molecule has 4 rings (SSSR count). The molecule has 2 unspecified atom stereocenters. The van der Waals surface area contributed by atoms with E-state index in [4.69, 9.17) is 30.7 Å². The number of aromatic nitrogens is 4. The van der Waals surface area contributed by atoms with Crippen LogP contribution in [-0.2, 0) is 36.3 Å². The average molecular weight is 534 g/mol. The van der Waals surface area contributed by atoms with Gasteiger partial charge >= 0.3 is 23.5 Å². The van der Waals surface area contributed by atoms with Crippen LogP contribution in [0.4, 0.5) is 11.8 Å². The molecule has 2 aliphatic heterocycles. The van der Waals surface area contributed by atoms with Crippen molar-refractivity contribution in [3.05, 3.63) is 6.33 Å². The normalized spacial score (nSPS) is 31.0. The minimum absolute atomic E-state index is 0.0109. The highest BCUT2D eigenvalue weighted by molar-refractivity contribution is 7.66. The SMILES string of the molecule is Nc1nc(N)c2ncn([C@@H]3O[C@@]4(COP(=O)(O)OP(=O)(O)OP(=O)(O)O)CO[C@@H]3[C@@H]4O)c2n1. The second kappa shape index (κ2) is 8.00. The zero-order chi connectivity index (χ0) is 24.4. The number of aliphatic hydroxyl groups is 1. The van der Waals surface area contributed by atoms with Crippen LogP contribution in [0.2, 0.25) is 0 Å². The summed E-state index contributed by atoms with van der Waals surface area (Å²) < 4.78 is 58.7. The number of hydrogen-bond acceptors (Lipinski definition) is 14. The van der Waals surface area contributed by atoms with E-state index in [1.54, 1.807) is 0 Å². The van der Waals surface area contributed by atoms with Crippen LogP contribution in [0.3, 0.4) is 0 Å². The minimum atomic E-state index is -5.71. The standard InChI is InChI=1S/C11H17N6O13P3/c12-7-4-8(16-10(13)15-7)17(3-14-4)9-5-6(18)11(28-9,1-26-5)2-27-32(22,23)30-33(24,25)29-31(19,20)21/h3,5-6,9,18H,1-2H2,(H,22,23)(H,24,25)(H2,19,20,21)(H4,12,13,15,16)/t5-,6+,9-,11-/m1/s1. The van der Waals surface area contributed by atoms with E-state index < -0.39 is 54.1 Å². The summed E-state index contributed by atoms with van der Waals surface area (Å²) in [6, 6.07) is 0. The van der Waals surface area contributed by atoms with Gasteiger partial charge in [0.15, 0.2) is 17.7 Å². The van der Waals surface area contributed by atoms with Crippen LogP contribution in [0, 0.1) is 0 Å². The Bertz CT molecular complexity index is 1230. The summed E-state index contributed by atoms with van der Waals surface area (Å²) in [7, 11) is -16.7. The van der Waals surface area contributed by atoms with E-state index in [1.165, 1.54) is 10.9 Å². The van der Waals surface area contributed by atoms with E-state index in [0.29, 0.717) is 0 Å². The molecule has 2 bridgehead atoms. The lowest BCUT2D eigenvalue weighted by Gasteiger charge is -2.31. The van der Waals surface area contributed by atoms with Crippen LogP contribution in [0.25, 0.3) is 11.2 Å². The zero-order valence-corrected chi connectivity index (χ0v) is 18.7. The zero-order valence-electron chi connectivity index (χ0n) is 16.0. The summed E-state index contributed by atoms with van der Waals surface area (Å²) in [5.41, 5.74) is 9.95. The number of aliphatic hydroxyl groups excluding tert-OH is 1. The van der Waals surface area contributed by atoms with Gasteiger partial charge < -0.3 is 45.6 Å². The number of nitrogens with zero attached hydrogens (tertiary/aromatic N) is 4. The molecule has 22 heteroatoms. The Labute approximate surface area is 182 Å². The van der Waals surface area contributed by atoms with E-state index in [1.807, 2.05) is 0 Å². The van der Waals surface area contributed by atoms with Crippen molar-refractivity contribution in [3.63, 3.8) is 0 Å². The first-order chi connectivity index (χ1) is 15.1. The smallest absolute Gasteiger partial charge is 0.387 e. The van der Waals surface area contributed by atoms with E-state index in [-0.39, 0.29) is 29.5 Å². The molecule has 9 N–H and O–H groups in total. The molecule has 6 atom stereocenters. The lowest BCUT2D eigenvalue weighted by molar-refractivity contribution is -0.183. The quantitative estimate of drug-likeness (QED) is 0.187. The molecular weight excluding hydrogens is 517 g/mol. The number of rotatable bonds is 8. The second-order valence-corrected chi connectivity index (χ2v) is 11.4. The Morgan fingerprint density at radius 1 is 1.15 bits per heavy atom. The molecule has 0 amide bonds. The van der Waals surface area contributed by atoms with Gasteiger partial charge in [-0.1, -0.05) is 0 Å². The number of ether oxygens (including phenoxy) is 2. The molecule has 2 aliphatic rings. The third-order valence-electron chi connectivity index (χ3n) is 4.63. The Morgan fingerprint density at radius 3 is 2.52 bits per heavy atom. The van der Waals surface area contributed by atoms with Gasteiger partial charge in [0.25, 0.3) is 0 Å². The Kier molecular flexibility index (Phi) is 5.95. The fraction of sp³-hybridized carbons (Fsp3) is 0.545. The summed E-state index contributed by atoms with van der Waals surface area (Å²) in [5, 5.41) is 10.6. The van der Waals surface area contributed by atoms with E-state index in [9.17, 15) is 28.6 Å². The fourth-order valence-electron chi connectivity index (χ4n) is 3.38. The summed E-state index contributed by atoms with van der Waals surface area (Å²) in [5.74, 6) is -0.169. The maximum absolute atomic E-state index is 12.0. The van der Waals surface area contributed by atoms with E-state index in [2.05, 4.69) is 28.1 Å². The van der Waals surface area contributed by atoms with Crippen molar-refractivity contribution >= 4 is 46.4 Å². The maximum Gasteiger partial charge on any atom is 0.490 e. The number of hydrogen-bond donors (Lipinski definition) is 7. The van der Waals surface area contributed by atoms with Crippen LogP contribution in [0.5, 0.6) is 0 Å². The summed E-state index contributed by atoms with van der Waals surface area (Å²) in [6.45, 7) is -1.23. The van der Waals surface area contributed by atoms with Gasteiger partial charge in [-0.25, -0.2) is 18.7 Å². The number of anilines is 2. The number of fused-ring (bicyclic) bond motifs is 3. The predicted octanol–water partition coefficient (Wildman–Crippen LogP) is -1.64. The third-order valence-corrected chi connectivity index (χ3v) is 8.42. The van der Waals surface area contributed by atoms with Gasteiger partial charge in [0.1, 0.15) is 23.3 Å². The van der Waals surface area contributed by atoms with Crippen molar-refractivity contribution in [2.45, 2.75) is 24.0 Å². The molecular formula is C11H17N6O13P3. The molecule has 0 aromatic carbocycles. The minimum Gasteiger partial charge on any atom is -0.387 e. The van der Waals surface area contributed by atoms with Gasteiger partial charge in [0.05, 0.1) is 19.5 Å². The second-order valence-electron chi connectivity index (χ2n) is 6.95. The average Bonchev–Trinajstić information content (AvgIpc) is 3.27. The first-order valence-corrected chi connectivity index (χ1v) is 13.1. The largest absolute Gasteiger partial charge is 0.490 e. The van der Waals surface area contributed by atoms with Gasteiger partial charge in [-0.05, 0) is 0 Å². The third kappa shape index (κ3) is 4.82. The monoisotopic (exact) mass is 534 g/mol. The van der Waals surface area contributed by atoms with Crippen LogP contribution in [0.15, 0.2) is 6.33 Å². The van der Waals surface area contributed by atoms with Crippen molar-refractivity contribution in [2.75, 3.05) is 24.7 Å². The van der Waals surface area contributed by atoms with Crippen LogP contribution in [0.1, 0.15) is 6.23 Å². The van der Waals surface area contributed by atoms with E-state index in [0.717, 1.165) is 0 Å². The molecule has 33 heavy (non-hydrogen) atoms. The van der Waals surface area contributed by atoms with Gasteiger partial charge in [-0.3, -0.25) is 9.09 Å². The van der Waals surface area contributed by atoms with Crippen molar-refractivity contribution in [1.29, 1.82) is 0 Å².